The molecule has 36 heavy (non-hydrogen) atoms. The van der Waals surface area contributed by atoms with E-state index in [9.17, 15) is 29.1 Å². The fraction of sp³-hybridized carbons (Fsp3) is 0.636. The van der Waals surface area contributed by atoms with Crippen molar-refractivity contribution in [1.82, 2.24) is 25.9 Å². The monoisotopic (exact) mass is 511 g/mol. The van der Waals surface area contributed by atoms with E-state index in [1.165, 1.54) is 12.5 Å². The normalized spacial score (nSPS) is 14.4. The summed E-state index contributed by atoms with van der Waals surface area (Å²) >= 11 is 0. The van der Waals surface area contributed by atoms with E-state index < -0.39 is 60.2 Å². The Hall–Kier alpha value is -3.52. The zero-order chi connectivity index (χ0) is 27.3. The Balaban J connectivity index is 3.04. The first-order chi connectivity index (χ1) is 16.9. The van der Waals surface area contributed by atoms with Crippen molar-refractivity contribution in [2.45, 2.75) is 76.5 Å². The van der Waals surface area contributed by atoms with Gasteiger partial charge in [-0.2, -0.15) is 0 Å². The van der Waals surface area contributed by atoms with Crippen LogP contribution in [-0.4, -0.2) is 80.6 Å². The van der Waals surface area contributed by atoms with E-state index in [1.54, 1.807) is 0 Å². The lowest BCUT2D eigenvalue weighted by atomic mass is 10.0. The van der Waals surface area contributed by atoms with Gasteiger partial charge >= 0.3 is 11.9 Å². The van der Waals surface area contributed by atoms with Crippen molar-refractivity contribution in [2.75, 3.05) is 6.54 Å². The summed E-state index contributed by atoms with van der Waals surface area (Å²) in [6, 6.07) is -4.83. The summed E-state index contributed by atoms with van der Waals surface area (Å²) in [6.07, 6.45) is 3.65. The smallest absolute Gasteiger partial charge is 0.326 e. The van der Waals surface area contributed by atoms with Gasteiger partial charge in [0.05, 0.1) is 18.8 Å². The maximum atomic E-state index is 13.1. The third-order valence-electron chi connectivity index (χ3n) is 5.24. The molecule has 0 fully saturated rings. The van der Waals surface area contributed by atoms with E-state index in [-0.39, 0.29) is 25.2 Å². The van der Waals surface area contributed by atoms with Gasteiger partial charge in [0.15, 0.2) is 0 Å². The van der Waals surface area contributed by atoms with Gasteiger partial charge in [-0.25, -0.2) is 9.78 Å². The minimum Gasteiger partial charge on any atom is -0.481 e. The number of carbonyl (C=O) groups excluding carboxylic acids is 3. The average molecular weight is 512 g/mol. The van der Waals surface area contributed by atoms with E-state index >= 15 is 0 Å². The molecule has 0 aromatic carbocycles. The molecule has 0 radical (unpaired) electrons. The molecule has 14 nitrogen and oxygen atoms in total. The average Bonchev–Trinajstić information content (AvgIpc) is 3.29. The number of aromatic amines is 1. The third kappa shape index (κ3) is 11.3. The van der Waals surface area contributed by atoms with Crippen molar-refractivity contribution < 1.29 is 34.2 Å². The van der Waals surface area contributed by atoms with Crippen LogP contribution in [0.2, 0.25) is 0 Å². The van der Waals surface area contributed by atoms with Crippen molar-refractivity contribution in [3.05, 3.63) is 18.2 Å². The standard InChI is InChI=1S/C22H37N7O7/c1-12(2)7-16(28-19(32)14(24)9-18(30)31)20(33)29-17(8-13-10-25-11-26-13)21(34)27-15(22(35)36)5-3-4-6-23/h10-12,14-17H,3-9,23-24H2,1-2H3,(H,25,26)(H,27,34)(H,28,32)(H,29,33)(H,30,31)(H,35,36). The van der Waals surface area contributed by atoms with Crippen LogP contribution in [0.25, 0.3) is 0 Å². The Bertz CT molecular complexity index is 876. The first-order valence-corrected chi connectivity index (χ1v) is 11.7. The maximum Gasteiger partial charge on any atom is 0.326 e. The lowest BCUT2D eigenvalue weighted by molar-refractivity contribution is -0.142. The minimum atomic E-state index is -1.36. The highest BCUT2D eigenvalue weighted by atomic mass is 16.4. The highest BCUT2D eigenvalue weighted by Crippen LogP contribution is 2.09. The quantitative estimate of drug-likeness (QED) is 0.112. The van der Waals surface area contributed by atoms with E-state index in [0.29, 0.717) is 25.1 Å². The zero-order valence-corrected chi connectivity index (χ0v) is 20.5. The number of carbonyl (C=O) groups is 5. The highest BCUT2D eigenvalue weighted by Gasteiger charge is 2.31. The Labute approximate surface area is 209 Å². The van der Waals surface area contributed by atoms with Crippen LogP contribution in [0.1, 0.15) is 51.6 Å². The molecule has 3 amide bonds. The van der Waals surface area contributed by atoms with Crippen LogP contribution in [0.15, 0.2) is 12.5 Å². The summed E-state index contributed by atoms with van der Waals surface area (Å²) < 4.78 is 0. The van der Waals surface area contributed by atoms with Gasteiger partial charge in [0.1, 0.15) is 18.1 Å². The van der Waals surface area contributed by atoms with Gasteiger partial charge in [-0.05, 0) is 38.1 Å². The molecular weight excluding hydrogens is 474 g/mol. The zero-order valence-electron chi connectivity index (χ0n) is 20.5. The molecule has 1 aromatic heterocycles. The van der Waals surface area contributed by atoms with Crippen molar-refractivity contribution in [1.29, 1.82) is 0 Å². The Morgan fingerprint density at radius 1 is 0.972 bits per heavy atom. The Morgan fingerprint density at radius 2 is 1.58 bits per heavy atom. The van der Waals surface area contributed by atoms with Crippen LogP contribution < -0.4 is 27.4 Å². The molecule has 14 heteroatoms. The SMILES string of the molecule is CC(C)CC(NC(=O)C(N)CC(=O)O)C(=O)NC(Cc1cnc[nH]1)C(=O)NC(CCCCN)C(=O)O. The number of aromatic nitrogens is 2. The lowest BCUT2D eigenvalue weighted by Crippen LogP contribution is -2.58. The summed E-state index contributed by atoms with van der Waals surface area (Å²) in [5.41, 5.74) is 11.6. The Kier molecular flexibility index (Phi) is 13.1. The topological polar surface area (TPSA) is 243 Å². The molecule has 1 aromatic rings. The van der Waals surface area contributed by atoms with E-state index in [4.69, 9.17) is 16.6 Å². The number of nitrogens with two attached hydrogens (primary N) is 2. The first kappa shape index (κ1) is 30.5. The number of hydrogen-bond acceptors (Lipinski definition) is 8. The van der Waals surface area contributed by atoms with Crippen LogP contribution in [0, 0.1) is 5.92 Å². The minimum absolute atomic E-state index is 0.0203. The predicted octanol–water partition coefficient (Wildman–Crippen LogP) is -1.53. The van der Waals surface area contributed by atoms with Gasteiger partial charge < -0.3 is 42.6 Å². The number of imidazole rings is 1. The van der Waals surface area contributed by atoms with Gasteiger partial charge in [0, 0.05) is 18.3 Å². The highest BCUT2D eigenvalue weighted by molar-refractivity contribution is 5.94. The number of carboxylic acids is 2. The van der Waals surface area contributed by atoms with Gasteiger partial charge in [0.2, 0.25) is 17.7 Å². The molecule has 0 spiro atoms. The van der Waals surface area contributed by atoms with Crippen LogP contribution in [0.4, 0.5) is 0 Å². The fourth-order valence-electron chi connectivity index (χ4n) is 3.38. The number of nitrogens with one attached hydrogen (secondary N) is 4. The van der Waals surface area contributed by atoms with Crippen LogP contribution in [-0.2, 0) is 30.4 Å². The molecule has 4 unspecified atom stereocenters. The molecule has 10 N–H and O–H groups in total. The van der Waals surface area contributed by atoms with Crippen LogP contribution in [0.5, 0.6) is 0 Å². The van der Waals surface area contributed by atoms with E-state index in [1.807, 2.05) is 13.8 Å². The van der Waals surface area contributed by atoms with E-state index in [2.05, 4.69) is 25.9 Å². The molecule has 0 aliphatic carbocycles. The van der Waals surface area contributed by atoms with E-state index in [0.717, 1.165) is 0 Å². The number of amides is 3. The number of H-pyrrole nitrogens is 1. The Morgan fingerprint density at radius 3 is 2.11 bits per heavy atom. The molecule has 0 aliphatic heterocycles. The molecule has 4 atom stereocenters. The second kappa shape index (κ2) is 15.5. The molecular formula is C22H37N7O7. The molecule has 0 saturated heterocycles. The van der Waals surface area contributed by atoms with Gasteiger partial charge in [-0.15, -0.1) is 0 Å². The molecule has 202 valence electrons. The number of rotatable bonds is 17. The number of carboxylic acid groups (broad SMARTS) is 2. The summed E-state index contributed by atoms with van der Waals surface area (Å²) in [7, 11) is 0. The van der Waals surface area contributed by atoms with Crippen LogP contribution >= 0.6 is 0 Å². The van der Waals surface area contributed by atoms with Gasteiger partial charge in [-0.3, -0.25) is 19.2 Å². The molecule has 0 bridgehead atoms. The van der Waals surface area contributed by atoms with Gasteiger partial charge in [0.25, 0.3) is 0 Å². The van der Waals surface area contributed by atoms with Crippen molar-refractivity contribution in [3.8, 4) is 0 Å². The fourth-order valence-corrected chi connectivity index (χ4v) is 3.38. The molecule has 0 saturated carbocycles. The lowest BCUT2D eigenvalue weighted by Gasteiger charge is -2.25. The number of aliphatic carboxylic acids is 2. The first-order valence-electron chi connectivity index (χ1n) is 11.7. The second-order valence-corrected chi connectivity index (χ2v) is 8.92. The van der Waals surface area contributed by atoms with Crippen molar-refractivity contribution >= 4 is 29.7 Å². The van der Waals surface area contributed by atoms with Crippen LogP contribution in [0.3, 0.4) is 0 Å². The third-order valence-corrected chi connectivity index (χ3v) is 5.24. The van der Waals surface area contributed by atoms with Gasteiger partial charge in [-0.1, -0.05) is 13.8 Å². The second-order valence-electron chi connectivity index (χ2n) is 8.92. The summed E-state index contributed by atoms with van der Waals surface area (Å²) in [5, 5.41) is 25.8. The van der Waals surface area contributed by atoms with Crippen molar-refractivity contribution in [2.24, 2.45) is 17.4 Å². The summed E-state index contributed by atoms with van der Waals surface area (Å²) in [4.78, 5) is 67.7. The number of hydrogen-bond donors (Lipinski definition) is 8. The largest absolute Gasteiger partial charge is 0.481 e. The predicted molar refractivity (Wildman–Crippen MR) is 128 cm³/mol. The summed E-state index contributed by atoms with van der Waals surface area (Å²) in [6.45, 7) is 4.02. The maximum absolute atomic E-state index is 13.1. The number of nitrogens with zero attached hydrogens (tertiary/aromatic N) is 1. The number of unbranched alkanes of at least 4 members (excludes halogenated alkanes) is 1. The summed E-state index contributed by atoms with van der Waals surface area (Å²) in [5.74, 6) is -4.78. The molecule has 1 rings (SSSR count). The van der Waals surface area contributed by atoms with Crippen molar-refractivity contribution in [3.63, 3.8) is 0 Å². The molecule has 1 heterocycles. The molecule has 0 aliphatic rings.